The maximum atomic E-state index is 13.6. The maximum Gasteiger partial charge on any atom is 0.163 e. The highest BCUT2D eigenvalue weighted by Crippen LogP contribution is 2.24. The van der Waals surface area contributed by atoms with Gasteiger partial charge in [0.05, 0.1) is 12.1 Å². The molecule has 0 aliphatic heterocycles. The number of methoxy groups -OCH3 is 1. The van der Waals surface area contributed by atoms with Crippen LogP contribution in [0.3, 0.4) is 0 Å². The fourth-order valence-electron chi connectivity index (χ4n) is 1.69. The van der Waals surface area contributed by atoms with Crippen molar-refractivity contribution < 1.29 is 13.5 Å². The molecular weight excluding hydrogens is 212 g/mol. The Morgan fingerprint density at radius 1 is 1.31 bits per heavy atom. The SMILES string of the molecule is CCC(OC)C(N)c1ccc(C)c(F)c1F. The summed E-state index contributed by atoms with van der Waals surface area (Å²) >= 11 is 0. The number of ether oxygens (including phenoxy) is 1. The number of halogens is 2. The minimum atomic E-state index is -0.872. The lowest BCUT2D eigenvalue weighted by atomic mass is 9.98. The van der Waals surface area contributed by atoms with E-state index < -0.39 is 17.7 Å². The number of benzene rings is 1. The molecule has 0 saturated heterocycles. The van der Waals surface area contributed by atoms with Crippen molar-refractivity contribution in [3.63, 3.8) is 0 Å². The fourth-order valence-corrected chi connectivity index (χ4v) is 1.69. The summed E-state index contributed by atoms with van der Waals surface area (Å²) < 4.78 is 32.1. The molecule has 0 aromatic heterocycles. The minimum Gasteiger partial charge on any atom is -0.379 e. The number of nitrogens with two attached hydrogens (primary N) is 1. The van der Waals surface area contributed by atoms with Crippen molar-refractivity contribution in [1.29, 1.82) is 0 Å². The van der Waals surface area contributed by atoms with Crippen LogP contribution >= 0.6 is 0 Å². The van der Waals surface area contributed by atoms with Crippen molar-refractivity contribution in [2.24, 2.45) is 5.73 Å². The molecule has 1 aromatic carbocycles. The van der Waals surface area contributed by atoms with Crippen LogP contribution in [-0.4, -0.2) is 13.2 Å². The van der Waals surface area contributed by atoms with E-state index in [1.807, 2.05) is 6.92 Å². The zero-order chi connectivity index (χ0) is 12.3. The van der Waals surface area contributed by atoms with Gasteiger partial charge in [0.15, 0.2) is 11.6 Å². The van der Waals surface area contributed by atoms with Crippen molar-refractivity contribution in [3.05, 3.63) is 34.9 Å². The van der Waals surface area contributed by atoms with Crippen LogP contribution in [0.2, 0.25) is 0 Å². The lowest BCUT2D eigenvalue weighted by molar-refractivity contribution is 0.0759. The van der Waals surface area contributed by atoms with Crippen molar-refractivity contribution in [1.82, 2.24) is 0 Å². The number of hydrogen-bond donors (Lipinski definition) is 1. The van der Waals surface area contributed by atoms with Gasteiger partial charge in [0.25, 0.3) is 0 Å². The molecule has 0 aliphatic carbocycles. The predicted molar refractivity (Wildman–Crippen MR) is 59.1 cm³/mol. The Kier molecular flexibility index (Phi) is 4.38. The van der Waals surface area contributed by atoms with Gasteiger partial charge in [-0.2, -0.15) is 0 Å². The molecule has 4 heteroatoms. The van der Waals surface area contributed by atoms with E-state index in [2.05, 4.69) is 0 Å². The van der Waals surface area contributed by atoms with Gasteiger partial charge in [-0.25, -0.2) is 8.78 Å². The predicted octanol–water partition coefficient (Wildman–Crippen LogP) is 2.70. The summed E-state index contributed by atoms with van der Waals surface area (Å²) in [6, 6.07) is 2.39. The first kappa shape index (κ1) is 13.1. The van der Waals surface area contributed by atoms with Crippen LogP contribution in [0.25, 0.3) is 0 Å². The number of aryl methyl sites for hydroxylation is 1. The smallest absolute Gasteiger partial charge is 0.163 e. The molecule has 0 bridgehead atoms. The highest BCUT2D eigenvalue weighted by atomic mass is 19.2. The second-order valence-electron chi connectivity index (χ2n) is 3.81. The van der Waals surface area contributed by atoms with Crippen LogP contribution < -0.4 is 5.73 Å². The van der Waals surface area contributed by atoms with Gasteiger partial charge in [0.1, 0.15) is 0 Å². The van der Waals surface area contributed by atoms with Gasteiger partial charge in [-0.05, 0) is 18.9 Å². The molecule has 2 unspecified atom stereocenters. The van der Waals surface area contributed by atoms with E-state index in [9.17, 15) is 8.78 Å². The molecule has 2 atom stereocenters. The Bertz CT molecular complexity index is 364. The summed E-state index contributed by atoms with van der Waals surface area (Å²) in [7, 11) is 1.51. The minimum absolute atomic E-state index is 0.164. The van der Waals surface area contributed by atoms with Crippen molar-refractivity contribution in [3.8, 4) is 0 Å². The molecule has 0 saturated carbocycles. The molecule has 90 valence electrons. The standard InChI is InChI=1S/C12H17F2NO/c1-4-9(16-3)12(15)8-6-5-7(2)10(13)11(8)14/h5-6,9,12H,4,15H2,1-3H3. The third-order valence-corrected chi connectivity index (χ3v) is 2.77. The first-order valence-electron chi connectivity index (χ1n) is 5.25. The maximum absolute atomic E-state index is 13.6. The average Bonchev–Trinajstić information content (AvgIpc) is 2.27. The van der Waals surface area contributed by atoms with Crippen LogP contribution in [0.5, 0.6) is 0 Å². The molecule has 0 fully saturated rings. The van der Waals surface area contributed by atoms with Crippen LogP contribution in [-0.2, 0) is 4.74 Å². The molecule has 0 radical (unpaired) electrons. The van der Waals surface area contributed by atoms with Gasteiger partial charge >= 0.3 is 0 Å². The van der Waals surface area contributed by atoms with Crippen LogP contribution in [0.15, 0.2) is 12.1 Å². The fraction of sp³-hybridized carbons (Fsp3) is 0.500. The summed E-state index contributed by atoms with van der Waals surface area (Å²) in [5, 5.41) is 0. The molecule has 1 aromatic rings. The third-order valence-electron chi connectivity index (χ3n) is 2.77. The van der Waals surface area contributed by atoms with Crippen molar-refractivity contribution in [2.45, 2.75) is 32.4 Å². The zero-order valence-electron chi connectivity index (χ0n) is 9.76. The van der Waals surface area contributed by atoms with Gasteiger partial charge in [-0.15, -0.1) is 0 Å². The van der Waals surface area contributed by atoms with Crippen molar-refractivity contribution in [2.75, 3.05) is 7.11 Å². The highest BCUT2D eigenvalue weighted by Gasteiger charge is 2.22. The van der Waals surface area contributed by atoms with E-state index in [1.165, 1.54) is 26.2 Å². The lowest BCUT2D eigenvalue weighted by Crippen LogP contribution is -2.28. The third kappa shape index (κ3) is 2.39. The second kappa shape index (κ2) is 5.37. The zero-order valence-corrected chi connectivity index (χ0v) is 9.76. The van der Waals surface area contributed by atoms with E-state index in [-0.39, 0.29) is 17.2 Å². The Labute approximate surface area is 94.4 Å². The topological polar surface area (TPSA) is 35.2 Å². The van der Waals surface area contributed by atoms with E-state index in [1.54, 1.807) is 0 Å². The largest absolute Gasteiger partial charge is 0.379 e. The molecule has 16 heavy (non-hydrogen) atoms. The molecule has 2 nitrogen and oxygen atoms in total. The second-order valence-corrected chi connectivity index (χ2v) is 3.81. The Balaban J connectivity index is 3.09. The van der Waals surface area contributed by atoms with Gasteiger partial charge in [0, 0.05) is 12.7 Å². The first-order valence-corrected chi connectivity index (χ1v) is 5.25. The van der Waals surface area contributed by atoms with Crippen LogP contribution in [0.1, 0.15) is 30.5 Å². The van der Waals surface area contributed by atoms with E-state index in [0.29, 0.717) is 6.42 Å². The first-order chi connectivity index (χ1) is 7.52. The summed E-state index contributed by atoms with van der Waals surface area (Å²) in [5.74, 6) is -1.71. The van der Waals surface area contributed by atoms with Gasteiger partial charge in [-0.1, -0.05) is 19.1 Å². The lowest BCUT2D eigenvalue weighted by Gasteiger charge is -2.22. The molecule has 0 spiro atoms. The molecule has 0 amide bonds. The van der Waals surface area contributed by atoms with E-state index >= 15 is 0 Å². The molecule has 0 aliphatic rings. The molecule has 2 N–H and O–H groups in total. The Morgan fingerprint density at radius 2 is 1.94 bits per heavy atom. The van der Waals surface area contributed by atoms with E-state index in [4.69, 9.17) is 10.5 Å². The summed E-state index contributed by atoms with van der Waals surface area (Å²) in [6.45, 7) is 3.40. The number of rotatable bonds is 4. The number of hydrogen-bond acceptors (Lipinski definition) is 2. The van der Waals surface area contributed by atoms with Crippen molar-refractivity contribution >= 4 is 0 Å². The van der Waals surface area contributed by atoms with Crippen LogP contribution in [0.4, 0.5) is 8.78 Å². The van der Waals surface area contributed by atoms with Gasteiger partial charge in [-0.3, -0.25) is 0 Å². The Hall–Kier alpha value is -1.00. The Morgan fingerprint density at radius 3 is 2.44 bits per heavy atom. The summed E-state index contributed by atoms with van der Waals surface area (Å²) in [4.78, 5) is 0. The monoisotopic (exact) mass is 229 g/mol. The summed E-state index contributed by atoms with van der Waals surface area (Å²) in [6.07, 6.45) is 0.337. The van der Waals surface area contributed by atoms with Gasteiger partial charge < -0.3 is 10.5 Å². The van der Waals surface area contributed by atoms with Crippen LogP contribution in [0, 0.1) is 18.6 Å². The highest BCUT2D eigenvalue weighted by molar-refractivity contribution is 5.28. The molecule has 0 heterocycles. The molecular formula is C12H17F2NO. The van der Waals surface area contributed by atoms with E-state index in [0.717, 1.165) is 0 Å². The average molecular weight is 229 g/mol. The quantitative estimate of drug-likeness (QED) is 0.861. The normalized spacial score (nSPS) is 14.9. The molecule has 1 rings (SSSR count). The summed E-state index contributed by atoms with van der Waals surface area (Å²) in [5.41, 5.74) is 6.29. The van der Waals surface area contributed by atoms with Gasteiger partial charge in [0.2, 0.25) is 0 Å².